The van der Waals surface area contributed by atoms with Crippen LogP contribution in [-0.2, 0) is 17.9 Å². The van der Waals surface area contributed by atoms with E-state index in [1.54, 1.807) is 24.2 Å². The average molecular weight is 346 g/mol. The standard InChI is InChI=1S/C19H18N6O/c1-26-13-15-8-5-9-17-16(15)11-22-25(17)19-23-18(12-21-24-19)20-10-14-6-3-2-4-7-14/h2-9,11-12H,10,13H2,1H3,(H,20,23,24). The molecule has 4 aromatic rings. The number of nitrogens with zero attached hydrogens (tertiary/aromatic N) is 5. The van der Waals surface area contributed by atoms with Crippen LogP contribution in [0.25, 0.3) is 16.9 Å². The molecule has 0 saturated carbocycles. The number of hydrogen-bond donors (Lipinski definition) is 1. The zero-order chi connectivity index (χ0) is 17.8. The van der Waals surface area contributed by atoms with Crippen molar-refractivity contribution in [3.8, 4) is 5.95 Å². The van der Waals surface area contributed by atoms with Crippen LogP contribution < -0.4 is 5.32 Å². The van der Waals surface area contributed by atoms with E-state index in [1.807, 2.05) is 36.4 Å². The Hall–Kier alpha value is -3.32. The quantitative estimate of drug-likeness (QED) is 0.578. The van der Waals surface area contributed by atoms with Gasteiger partial charge in [0, 0.05) is 19.0 Å². The molecule has 7 heteroatoms. The smallest absolute Gasteiger partial charge is 0.272 e. The summed E-state index contributed by atoms with van der Waals surface area (Å²) in [6.07, 6.45) is 3.41. The molecule has 1 N–H and O–H groups in total. The van der Waals surface area contributed by atoms with Gasteiger partial charge in [-0.05, 0) is 17.2 Å². The number of nitrogens with one attached hydrogen (secondary N) is 1. The van der Waals surface area contributed by atoms with Gasteiger partial charge in [0.15, 0.2) is 5.82 Å². The third kappa shape index (κ3) is 3.25. The van der Waals surface area contributed by atoms with E-state index in [-0.39, 0.29) is 0 Å². The fraction of sp³-hybridized carbons (Fsp3) is 0.158. The van der Waals surface area contributed by atoms with Crippen LogP contribution in [0.1, 0.15) is 11.1 Å². The molecule has 0 unspecified atom stereocenters. The number of anilines is 1. The Morgan fingerprint density at radius 3 is 2.77 bits per heavy atom. The Morgan fingerprint density at radius 2 is 1.92 bits per heavy atom. The van der Waals surface area contributed by atoms with Gasteiger partial charge >= 0.3 is 0 Å². The van der Waals surface area contributed by atoms with Crippen molar-refractivity contribution < 1.29 is 4.74 Å². The molecule has 0 spiro atoms. The van der Waals surface area contributed by atoms with Crippen molar-refractivity contribution in [2.45, 2.75) is 13.2 Å². The summed E-state index contributed by atoms with van der Waals surface area (Å²) in [6, 6.07) is 16.1. The molecule has 0 saturated heterocycles. The first-order valence-electron chi connectivity index (χ1n) is 8.27. The van der Waals surface area contributed by atoms with Gasteiger partial charge in [-0.3, -0.25) is 0 Å². The maximum Gasteiger partial charge on any atom is 0.272 e. The summed E-state index contributed by atoms with van der Waals surface area (Å²) in [4.78, 5) is 4.54. The van der Waals surface area contributed by atoms with Crippen LogP contribution >= 0.6 is 0 Å². The third-order valence-electron chi connectivity index (χ3n) is 4.06. The topological polar surface area (TPSA) is 77.8 Å². The van der Waals surface area contributed by atoms with Crippen molar-refractivity contribution in [3.05, 3.63) is 72.1 Å². The Labute approximate surface area is 150 Å². The minimum atomic E-state index is 0.424. The van der Waals surface area contributed by atoms with Crippen molar-refractivity contribution in [1.82, 2.24) is 25.0 Å². The first kappa shape index (κ1) is 16.2. The Kier molecular flexibility index (Phi) is 4.53. The Balaban J connectivity index is 1.62. The van der Waals surface area contributed by atoms with Crippen LogP contribution in [0.2, 0.25) is 0 Å². The van der Waals surface area contributed by atoms with E-state index >= 15 is 0 Å². The maximum atomic E-state index is 5.25. The summed E-state index contributed by atoms with van der Waals surface area (Å²) in [5.41, 5.74) is 3.16. The van der Waals surface area contributed by atoms with Crippen LogP contribution in [0.4, 0.5) is 5.82 Å². The molecule has 0 radical (unpaired) electrons. The first-order valence-corrected chi connectivity index (χ1v) is 8.27. The monoisotopic (exact) mass is 346 g/mol. The normalized spacial score (nSPS) is 11.0. The highest BCUT2D eigenvalue weighted by atomic mass is 16.5. The van der Waals surface area contributed by atoms with Crippen LogP contribution in [0.3, 0.4) is 0 Å². The molecule has 130 valence electrons. The van der Waals surface area contributed by atoms with E-state index < -0.39 is 0 Å². The van der Waals surface area contributed by atoms with Gasteiger partial charge in [0.25, 0.3) is 5.95 Å². The summed E-state index contributed by atoms with van der Waals surface area (Å²) in [7, 11) is 1.68. The molecule has 2 aromatic heterocycles. The van der Waals surface area contributed by atoms with E-state index in [2.05, 4.69) is 37.7 Å². The molecule has 7 nitrogen and oxygen atoms in total. The maximum absolute atomic E-state index is 5.25. The summed E-state index contributed by atoms with van der Waals surface area (Å²) in [5.74, 6) is 1.07. The van der Waals surface area contributed by atoms with Crippen LogP contribution in [0.5, 0.6) is 0 Å². The number of aromatic nitrogens is 5. The molecule has 0 amide bonds. The van der Waals surface area contributed by atoms with Gasteiger partial charge in [-0.2, -0.15) is 19.9 Å². The third-order valence-corrected chi connectivity index (χ3v) is 4.06. The summed E-state index contributed by atoms with van der Waals surface area (Å²) >= 11 is 0. The molecule has 4 rings (SSSR count). The number of ether oxygens (including phenoxy) is 1. The highest BCUT2D eigenvalue weighted by molar-refractivity contribution is 5.83. The second kappa shape index (κ2) is 7.28. The number of fused-ring (bicyclic) bond motifs is 1. The second-order valence-electron chi connectivity index (χ2n) is 5.82. The molecule has 0 bridgehead atoms. The molecule has 2 heterocycles. The number of rotatable bonds is 6. The van der Waals surface area contributed by atoms with Crippen molar-refractivity contribution in [2.75, 3.05) is 12.4 Å². The second-order valence-corrected chi connectivity index (χ2v) is 5.82. The van der Waals surface area contributed by atoms with Crippen molar-refractivity contribution >= 4 is 16.7 Å². The molecule has 0 fully saturated rings. The van der Waals surface area contributed by atoms with Crippen LogP contribution in [0, 0.1) is 0 Å². The zero-order valence-corrected chi connectivity index (χ0v) is 14.3. The minimum Gasteiger partial charge on any atom is -0.380 e. The SMILES string of the molecule is COCc1cccc2c1cnn2-c1nncc(NCc2ccccc2)n1. The summed E-state index contributed by atoms with van der Waals surface area (Å²) < 4.78 is 6.94. The molecular formula is C19H18N6O. The highest BCUT2D eigenvalue weighted by Crippen LogP contribution is 2.21. The van der Waals surface area contributed by atoms with Gasteiger partial charge < -0.3 is 10.1 Å². The fourth-order valence-corrected chi connectivity index (χ4v) is 2.81. The van der Waals surface area contributed by atoms with Gasteiger partial charge in [-0.1, -0.05) is 42.5 Å². The average Bonchev–Trinajstić information content (AvgIpc) is 3.13. The van der Waals surface area contributed by atoms with Gasteiger partial charge in [-0.15, -0.1) is 5.10 Å². The molecular weight excluding hydrogens is 328 g/mol. The Morgan fingerprint density at radius 1 is 1.04 bits per heavy atom. The molecule has 26 heavy (non-hydrogen) atoms. The zero-order valence-electron chi connectivity index (χ0n) is 14.3. The molecule has 0 aliphatic heterocycles. The van der Waals surface area contributed by atoms with E-state index in [0.717, 1.165) is 16.5 Å². The van der Waals surface area contributed by atoms with Crippen molar-refractivity contribution in [2.24, 2.45) is 0 Å². The molecule has 0 aliphatic carbocycles. The predicted octanol–water partition coefficient (Wildman–Crippen LogP) is 2.97. The molecule has 2 aromatic carbocycles. The van der Waals surface area contributed by atoms with Gasteiger partial charge in [0.2, 0.25) is 0 Å². The Bertz CT molecular complexity index is 1010. The summed E-state index contributed by atoms with van der Waals surface area (Å²) in [6.45, 7) is 1.19. The largest absolute Gasteiger partial charge is 0.380 e. The van der Waals surface area contributed by atoms with Crippen molar-refractivity contribution in [1.29, 1.82) is 0 Å². The fourth-order valence-electron chi connectivity index (χ4n) is 2.81. The lowest BCUT2D eigenvalue weighted by atomic mass is 10.1. The number of methoxy groups -OCH3 is 1. The van der Waals surface area contributed by atoms with Gasteiger partial charge in [0.1, 0.15) is 0 Å². The predicted molar refractivity (Wildman–Crippen MR) is 98.9 cm³/mol. The van der Waals surface area contributed by atoms with Crippen LogP contribution in [-0.4, -0.2) is 32.1 Å². The summed E-state index contributed by atoms with van der Waals surface area (Å²) in [5, 5.41) is 16.9. The van der Waals surface area contributed by atoms with Gasteiger partial charge in [0.05, 0.1) is 24.5 Å². The minimum absolute atomic E-state index is 0.424. The van der Waals surface area contributed by atoms with E-state index in [9.17, 15) is 0 Å². The van der Waals surface area contributed by atoms with Crippen LogP contribution in [0.15, 0.2) is 60.9 Å². The number of benzene rings is 2. The lowest BCUT2D eigenvalue weighted by molar-refractivity contribution is 0.186. The van der Waals surface area contributed by atoms with Crippen molar-refractivity contribution in [3.63, 3.8) is 0 Å². The lowest BCUT2D eigenvalue weighted by Gasteiger charge is -2.07. The number of hydrogen-bond acceptors (Lipinski definition) is 6. The van der Waals surface area contributed by atoms with E-state index in [1.165, 1.54) is 5.56 Å². The highest BCUT2D eigenvalue weighted by Gasteiger charge is 2.11. The van der Waals surface area contributed by atoms with E-state index in [0.29, 0.717) is 24.9 Å². The lowest BCUT2D eigenvalue weighted by Crippen LogP contribution is -2.08. The molecule has 0 atom stereocenters. The van der Waals surface area contributed by atoms with E-state index in [4.69, 9.17) is 4.74 Å². The first-order chi connectivity index (χ1) is 12.8. The van der Waals surface area contributed by atoms with Gasteiger partial charge in [-0.25, -0.2) is 0 Å². The molecule has 0 aliphatic rings.